The second-order valence-electron chi connectivity index (χ2n) is 5.42. The Bertz CT molecular complexity index is 623. The third kappa shape index (κ3) is 3.36. The number of aryl methyl sites for hydroxylation is 2. The lowest BCUT2D eigenvalue weighted by atomic mass is 9.97. The van der Waals surface area contributed by atoms with Gasteiger partial charge in [0.25, 0.3) is 0 Å². The molecule has 1 fully saturated rings. The zero-order chi connectivity index (χ0) is 14.7. The number of aromatic nitrogens is 3. The largest absolute Gasteiger partial charge is 0.437 e. The molecule has 21 heavy (non-hydrogen) atoms. The number of hydrogen-bond acceptors (Lipinski definition) is 5. The molecule has 3 rings (SSSR count). The minimum atomic E-state index is 0.420. The van der Waals surface area contributed by atoms with Crippen LogP contribution in [0.25, 0.3) is 0 Å². The Kier molecular flexibility index (Phi) is 4.10. The summed E-state index contributed by atoms with van der Waals surface area (Å²) in [6, 6.07) is 5.64. The van der Waals surface area contributed by atoms with Crippen molar-refractivity contribution in [2.45, 2.75) is 32.6 Å². The normalized spacial score (nSPS) is 15.9. The molecule has 0 radical (unpaired) electrons. The molecule has 1 N–H and O–H groups in total. The van der Waals surface area contributed by atoms with E-state index in [1.54, 1.807) is 6.20 Å². The van der Waals surface area contributed by atoms with Crippen molar-refractivity contribution in [1.82, 2.24) is 20.3 Å². The number of pyridine rings is 1. The average molecular weight is 284 g/mol. The summed E-state index contributed by atoms with van der Waals surface area (Å²) >= 11 is 0. The molecule has 0 unspecified atom stereocenters. The summed E-state index contributed by atoms with van der Waals surface area (Å²) in [6.07, 6.45) is 3.91. The van der Waals surface area contributed by atoms with E-state index >= 15 is 0 Å². The first-order valence-corrected chi connectivity index (χ1v) is 7.38. The monoisotopic (exact) mass is 284 g/mol. The van der Waals surface area contributed by atoms with Crippen LogP contribution < -0.4 is 10.1 Å². The van der Waals surface area contributed by atoms with Gasteiger partial charge in [-0.1, -0.05) is 0 Å². The molecule has 0 bridgehead atoms. The Morgan fingerprint density at radius 1 is 1.19 bits per heavy atom. The number of rotatable bonds is 3. The molecule has 110 valence electrons. The minimum Gasteiger partial charge on any atom is -0.437 e. The Hall–Kier alpha value is -2.01. The molecule has 3 heterocycles. The summed E-state index contributed by atoms with van der Waals surface area (Å²) < 4.78 is 5.89. The van der Waals surface area contributed by atoms with Crippen molar-refractivity contribution in [2.24, 2.45) is 0 Å². The SMILES string of the molecule is Cc1cc(Oc2cccnc2C)nc(C2CCNCC2)n1. The zero-order valence-corrected chi connectivity index (χ0v) is 12.5. The van der Waals surface area contributed by atoms with Gasteiger partial charge in [0.05, 0.1) is 5.69 Å². The van der Waals surface area contributed by atoms with Crippen molar-refractivity contribution in [3.05, 3.63) is 41.6 Å². The zero-order valence-electron chi connectivity index (χ0n) is 12.5. The fourth-order valence-electron chi connectivity index (χ4n) is 2.57. The van der Waals surface area contributed by atoms with Crippen molar-refractivity contribution in [3.63, 3.8) is 0 Å². The van der Waals surface area contributed by atoms with Crippen LogP contribution in [0.4, 0.5) is 0 Å². The van der Waals surface area contributed by atoms with Crippen LogP contribution in [-0.2, 0) is 0 Å². The number of ether oxygens (including phenoxy) is 1. The molecule has 0 atom stereocenters. The summed E-state index contributed by atoms with van der Waals surface area (Å²) in [5.74, 6) is 2.66. The third-order valence-corrected chi connectivity index (χ3v) is 3.73. The number of nitrogens with one attached hydrogen (secondary N) is 1. The molecular formula is C16H20N4O. The van der Waals surface area contributed by atoms with Gasteiger partial charge in [0.1, 0.15) is 5.82 Å². The van der Waals surface area contributed by atoms with E-state index < -0.39 is 0 Å². The van der Waals surface area contributed by atoms with E-state index in [4.69, 9.17) is 4.74 Å². The maximum Gasteiger partial charge on any atom is 0.222 e. The van der Waals surface area contributed by atoms with Crippen LogP contribution in [0.1, 0.15) is 36.0 Å². The molecule has 5 heteroatoms. The average Bonchev–Trinajstić information content (AvgIpc) is 2.50. The molecule has 0 amide bonds. The van der Waals surface area contributed by atoms with Crippen LogP contribution in [0.15, 0.2) is 24.4 Å². The van der Waals surface area contributed by atoms with E-state index in [1.165, 1.54) is 0 Å². The van der Waals surface area contributed by atoms with Crippen LogP contribution in [0.5, 0.6) is 11.6 Å². The summed E-state index contributed by atoms with van der Waals surface area (Å²) in [5.41, 5.74) is 1.80. The van der Waals surface area contributed by atoms with Crippen LogP contribution in [0, 0.1) is 13.8 Å². The standard InChI is InChI=1S/C16H20N4O/c1-11-10-15(21-14-4-3-7-18-12(14)2)20-16(19-11)13-5-8-17-9-6-13/h3-4,7,10,13,17H,5-6,8-9H2,1-2H3. The van der Waals surface area contributed by atoms with Crippen LogP contribution in [-0.4, -0.2) is 28.0 Å². The summed E-state index contributed by atoms with van der Waals surface area (Å²) in [7, 11) is 0. The predicted octanol–water partition coefficient (Wildman–Crippen LogP) is 2.75. The minimum absolute atomic E-state index is 0.420. The lowest BCUT2D eigenvalue weighted by molar-refractivity contribution is 0.422. The maximum absolute atomic E-state index is 5.89. The van der Waals surface area contributed by atoms with Crippen LogP contribution in [0.2, 0.25) is 0 Å². The van der Waals surface area contributed by atoms with Gasteiger partial charge < -0.3 is 10.1 Å². The Morgan fingerprint density at radius 3 is 2.76 bits per heavy atom. The summed E-state index contributed by atoms with van der Waals surface area (Å²) in [4.78, 5) is 13.4. The van der Waals surface area contributed by atoms with E-state index in [2.05, 4.69) is 20.3 Å². The van der Waals surface area contributed by atoms with Crippen molar-refractivity contribution in [1.29, 1.82) is 0 Å². The summed E-state index contributed by atoms with van der Waals surface area (Å²) in [6.45, 7) is 5.96. The van der Waals surface area contributed by atoms with E-state index in [0.29, 0.717) is 11.8 Å². The molecule has 0 saturated carbocycles. The first-order valence-electron chi connectivity index (χ1n) is 7.38. The Labute approximate surface area is 124 Å². The Balaban J connectivity index is 1.85. The molecule has 1 aliphatic rings. The smallest absolute Gasteiger partial charge is 0.222 e. The summed E-state index contributed by atoms with van der Waals surface area (Å²) in [5, 5.41) is 3.37. The van der Waals surface area contributed by atoms with E-state index in [-0.39, 0.29) is 0 Å². The van der Waals surface area contributed by atoms with Gasteiger partial charge in [0.15, 0.2) is 5.75 Å². The molecule has 5 nitrogen and oxygen atoms in total. The molecule has 0 spiro atoms. The molecular weight excluding hydrogens is 264 g/mol. The molecule has 0 aromatic carbocycles. The molecule has 1 aliphatic heterocycles. The highest BCUT2D eigenvalue weighted by Crippen LogP contribution is 2.27. The van der Waals surface area contributed by atoms with Gasteiger partial charge >= 0.3 is 0 Å². The highest BCUT2D eigenvalue weighted by Gasteiger charge is 2.19. The predicted molar refractivity (Wildman–Crippen MR) is 80.7 cm³/mol. The quantitative estimate of drug-likeness (QED) is 0.939. The lowest BCUT2D eigenvalue weighted by Gasteiger charge is -2.21. The van der Waals surface area contributed by atoms with Crippen molar-refractivity contribution < 1.29 is 4.74 Å². The van der Waals surface area contributed by atoms with Crippen molar-refractivity contribution in [2.75, 3.05) is 13.1 Å². The highest BCUT2D eigenvalue weighted by molar-refractivity contribution is 5.30. The fraction of sp³-hybridized carbons (Fsp3) is 0.438. The van der Waals surface area contributed by atoms with E-state index in [1.807, 2.05) is 32.0 Å². The van der Waals surface area contributed by atoms with Gasteiger partial charge in [-0.2, -0.15) is 4.98 Å². The van der Waals surface area contributed by atoms with Gasteiger partial charge in [-0.25, -0.2) is 4.98 Å². The number of hydrogen-bond donors (Lipinski definition) is 1. The first kappa shape index (κ1) is 13.9. The van der Waals surface area contributed by atoms with Crippen LogP contribution >= 0.6 is 0 Å². The molecule has 2 aromatic rings. The van der Waals surface area contributed by atoms with Gasteiger partial charge in [0.2, 0.25) is 5.88 Å². The number of piperidine rings is 1. The molecule has 2 aromatic heterocycles. The second-order valence-corrected chi connectivity index (χ2v) is 5.42. The van der Waals surface area contributed by atoms with Gasteiger partial charge in [0, 0.05) is 23.9 Å². The van der Waals surface area contributed by atoms with Crippen LogP contribution in [0.3, 0.4) is 0 Å². The molecule has 0 aliphatic carbocycles. The Morgan fingerprint density at radius 2 is 2.00 bits per heavy atom. The lowest BCUT2D eigenvalue weighted by Crippen LogP contribution is -2.27. The van der Waals surface area contributed by atoms with Crippen molar-refractivity contribution in [3.8, 4) is 11.6 Å². The van der Waals surface area contributed by atoms with Gasteiger partial charge in [-0.05, 0) is 51.9 Å². The topological polar surface area (TPSA) is 59.9 Å². The molecule has 1 saturated heterocycles. The van der Waals surface area contributed by atoms with E-state index in [9.17, 15) is 0 Å². The third-order valence-electron chi connectivity index (χ3n) is 3.73. The van der Waals surface area contributed by atoms with Gasteiger partial charge in [-0.3, -0.25) is 4.98 Å². The highest BCUT2D eigenvalue weighted by atomic mass is 16.5. The van der Waals surface area contributed by atoms with E-state index in [0.717, 1.165) is 48.9 Å². The first-order chi connectivity index (χ1) is 10.2. The second kappa shape index (κ2) is 6.18. The fourth-order valence-corrected chi connectivity index (χ4v) is 2.57. The number of nitrogens with zero attached hydrogens (tertiary/aromatic N) is 3. The van der Waals surface area contributed by atoms with Crippen molar-refractivity contribution >= 4 is 0 Å². The van der Waals surface area contributed by atoms with Gasteiger partial charge in [-0.15, -0.1) is 0 Å². The maximum atomic E-state index is 5.89.